The molecule has 6 nitrogen and oxygen atoms in total. The smallest absolute Gasteiger partial charge is 0.200 e. The molecule has 86 valence electrons. The Hall–Kier alpha value is -2.00. The molecule has 0 aliphatic heterocycles. The van der Waals surface area contributed by atoms with Crippen molar-refractivity contribution >= 4 is 11.6 Å². The molecule has 0 bridgehead atoms. The molecule has 0 radical (unpaired) electrons. The van der Waals surface area contributed by atoms with Crippen LogP contribution in [0.4, 0.5) is 0 Å². The van der Waals surface area contributed by atoms with E-state index in [1.165, 1.54) is 4.80 Å². The first-order chi connectivity index (χ1) is 8.06. The molecule has 7 heteroatoms. The van der Waals surface area contributed by atoms with Crippen molar-refractivity contribution in [3.05, 3.63) is 34.9 Å². The van der Waals surface area contributed by atoms with Gasteiger partial charge in [0.2, 0.25) is 5.82 Å². The Morgan fingerprint density at radius 2 is 2.24 bits per heavy atom. The highest BCUT2D eigenvalue weighted by Gasteiger charge is 2.35. The van der Waals surface area contributed by atoms with Crippen molar-refractivity contribution in [1.29, 1.82) is 5.26 Å². The van der Waals surface area contributed by atoms with Gasteiger partial charge < -0.3 is 0 Å². The molecule has 0 N–H and O–H groups in total. The molecule has 2 aromatic heterocycles. The lowest BCUT2D eigenvalue weighted by Crippen LogP contribution is -2.25. The molecule has 0 amide bonds. The van der Waals surface area contributed by atoms with Crippen molar-refractivity contribution in [2.24, 2.45) is 7.05 Å². The van der Waals surface area contributed by atoms with Crippen LogP contribution in [-0.4, -0.2) is 25.2 Å². The third-order valence-electron chi connectivity index (χ3n) is 2.41. The molecule has 1 atom stereocenters. The second-order valence-corrected chi connectivity index (χ2v) is 4.07. The number of rotatable bonds is 2. The third kappa shape index (κ3) is 1.97. The van der Waals surface area contributed by atoms with Crippen LogP contribution in [0.15, 0.2) is 18.2 Å². The molecular weight excluding hydrogens is 240 g/mol. The fourth-order valence-corrected chi connectivity index (χ4v) is 1.56. The Bertz CT molecular complexity index is 586. The Labute approximate surface area is 103 Å². The predicted octanol–water partition coefficient (Wildman–Crippen LogP) is 1.09. The lowest BCUT2D eigenvalue weighted by atomic mass is 9.87. The molecule has 0 aromatic carbocycles. The first-order valence-corrected chi connectivity index (χ1v) is 5.23. The number of halogens is 1. The predicted molar refractivity (Wildman–Crippen MR) is 60.1 cm³/mol. The average Bonchev–Trinajstić information content (AvgIpc) is 2.75. The van der Waals surface area contributed by atoms with Gasteiger partial charge in [-0.2, -0.15) is 10.1 Å². The molecule has 0 saturated heterocycles. The van der Waals surface area contributed by atoms with Gasteiger partial charge in [-0.3, -0.25) is 0 Å². The van der Waals surface area contributed by atoms with Gasteiger partial charge in [-0.1, -0.05) is 17.7 Å². The van der Waals surface area contributed by atoms with Gasteiger partial charge in [-0.25, -0.2) is 4.98 Å². The molecule has 2 aromatic rings. The summed E-state index contributed by atoms with van der Waals surface area (Å²) in [6.45, 7) is 1.68. The average molecular weight is 249 g/mol. The Balaban J connectivity index is 2.56. The van der Waals surface area contributed by atoms with Crippen LogP contribution in [0.25, 0.3) is 0 Å². The molecule has 1 unspecified atom stereocenters. The maximum atomic E-state index is 9.34. The van der Waals surface area contributed by atoms with Crippen LogP contribution < -0.4 is 0 Å². The van der Waals surface area contributed by atoms with Crippen LogP contribution in [0.3, 0.4) is 0 Å². The summed E-state index contributed by atoms with van der Waals surface area (Å²) < 4.78 is 0. The largest absolute Gasteiger partial charge is 0.239 e. The quantitative estimate of drug-likeness (QED) is 0.743. The Morgan fingerprint density at radius 1 is 1.47 bits per heavy atom. The summed E-state index contributed by atoms with van der Waals surface area (Å²) >= 11 is 5.82. The number of hydrogen-bond acceptors (Lipinski definition) is 5. The van der Waals surface area contributed by atoms with E-state index in [-0.39, 0.29) is 0 Å². The SMILES string of the molecule is Cn1nnc(C(C)(C#N)c2cccc(Cl)n2)n1. The zero-order chi connectivity index (χ0) is 12.5. The summed E-state index contributed by atoms with van der Waals surface area (Å²) in [4.78, 5) is 5.43. The van der Waals surface area contributed by atoms with Gasteiger partial charge in [0.15, 0.2) is 5.41 Å². The summed E-state index contributed by atoms with van der Waals surface area (Å²) in [5, 5.41) is 21.3. The van der Waals surface area contributed by atoms with Crippen LogP contribution in [-0.2, 0) is 12.5 Å². The molecule has 0 aliphatic rings. The zero-order valence-corrected chi connectivity index (χ0v) is 10.0. The number of nitrogens with zero attached hydrogens (tertiary/aromatic N) is 6. The summed E-state index contributed by atoms with van der Waals surface area (Å²) in [5.74, 6) is 0.303. The maximum absolute atomic E-state index is 9.34. The minimum atomic E-state index is -1.06. The highest BCUT2D eigenvalue weighted by Crippen LogP contribution is 2.27. The molecular formula is C10H9ClN6. The fraction of sp³-hybridized carbons (Fsp3) is 0.300. The van der Waals surface area contributed by atoms with E-state index in [0.717, 1.165) is 0 Å². The van der Waals surface area contributed by atoms with Crippen molar-refractivity contribution in [2.45, 2.75) is 12.3 Å². The summed E-state index contributed by atoms with van der Waals surface area (Å²) in [6, 6.07) is 7.24. The Kier molecular flexibility index (Phi) is 2.77. The van der Waals surface area contributed by atoms with E-state index in [1.54, 1.807) is 32.2 Å². The van der Waals surface area contributed by atoms with Crippen LogP contribution in [0.2, 0.25) is 5.15 Å². The van der Waals surface area contributed by atoms with Gasteiger partial charge in [-0.15, -0.1) is 10.2 Å². The number of aromatic nitrogens is 5. The van der Waals surface area contributed by atoms with Gasteiger partial charge in [0.05, 0.1) is 18.8 Å². The van der Waals surface area contributed by atoms with E-state index in [0.29, 0.717) is 16.7 Å². The van der Waals surface area contributed by atoms with Crippen LogP contribution in [0.1, 0.15) is 18.4 Å². The minimum Gasteiger partial charge on any atom is -0.239 e. The van der Waals surface area contributed by atoms with Crippen molar-refractivity contribution in [3.63, 3.8) is 0 Å². The van der Waals surface area contributed by atoms with Gasteiger partial charge in [0, 0.05) is 0 Å². The molecule has 0 aliphatic carbocycles. The highest BCUT2D eigenvalue weighted by atomic mass is 35.5. The first-order valence-electron chi connectivity index (χ1n) is 4.85. The van der Waals surface area contributed by atoms with Gasteiger partial charge in [-0.05, 0) is 24.3 Å². The highest BCUT2D eigenvalue weighted by molar-refractivity contribution is 6.29. The number of pyridine rings is 1. The van der Waals surface area contributed by atoms with Gasteiger partial charge in [0.25, 0.3) is 0 Å². The monoisotopic (exact) mass is 248 g/mol. The third-order valence-corrected chi connectivity index (χ3v) is 2.62. The molecule has 17 heavy (non-hydrogen) atoms. The first kappa shape index (κ1) is 11.5. The second-order valence-electron chi connectivity index (χ2n) is 3.68. The standard InChI is InChI=1S/C10H9ClN6/c1-10(6-12,9-14-16-17(2)15-9)7-4-3-5-8(11)13-7/h3-5H,1-2H3. The fourth-order valence-electron chi connectivity index (χ4n) is 1.39. The summed E-state index contributed by atoms with van der Waals surface area (Å²) in [7, 11) is 1.64. The van der Waals surface area contributed by atoms with Crippen molar-refractivity contribution in [2.75, 3.05) is 0 Å². The van der Waals surface area contributed by atoms with E-state index in [9.17, 15) is 5.26 Å². The maximum Gasteiger partial charge on any atom is 0.200 e. The molecule has 2 heterocycles. The normalized spacial score (nSPS) is 14.0. The van der Waals surface area contributed by atoms with Gasteiger partial charge >= 0.3 is 0 Å². The lowest BCUT2D eigenvalue weighted by Gasteiger charge is -2.16. The minimum absolute atomic E-state index is 0.303. The van der Waals surface area contributed by atoms with E-state index < -0.39 is 5.41 Å². The number of hydrogen-bond donors (Lipinski definition) is 0. The van der Waals surface area contributed by atoms with Crippen LogP contribution >= 0.6 is 11.6 Å². The molecule has 0 spiro atoms. The van der Waals surface area contributed by atoms with Crippen molar-refractivity contribution in [3.8, 4) is 6.07 Å². The Morgan fingerprint density at radius 3 is 2.76 bits per heavy atom. The topological polar surface area (TPSA) is 80.3 Å². The number of nitriles is 1. The van der Waals surface area contributed by atoms with Crippen molar-refractivity contribution in [1.82, 2.24) is 25.2 Å². The van der Waals surface area contributed by atoms with E-state index in [1.807, 2.05) is 0 Å². The lowest BCUT2D eigenvalue weighted by molar-refractivity contribution is 0.611. The summed E-state index contributed by atoms with van der Waals surface area (Å²) in [5.41, 5.74) is -0.556. The second kappa shape index (κ2) is 4.11. The number of aryl methyl sites for hydroxylation is 1. The summed E-state index contributed by atoms with van der Waals surface area (Å²) in [6.07, 6.45) is 0. The molecule has 0 saturated carbocycles. The molecule has 0 fully saturated rings. The van der Waals surface area contributed by atoms with Crippen LogP contribution in [0.5, 0.6) is 0 Å². The zero-order valence-electron chi connectivity index (χ0n) is 9.29. The van der Waals surface area contributed by atoms with Gasteiger partial charge in [0.1, 0.15) is 5.15 Å². The van der Waals surface area contributed by atoms with E-state index in [2.05, 4.69) is 26.5 Å². The van der Waals surface area contributed by atoms with Crippen LogP contribution in [0, 0.1) is 11.3 Å². The van der Waals surface area contributed by atoms with E-state index >= 15 is 0 Å². The van der Waals surface area contributed by atoms with Crippen molar-refractivity contribution < 1.29 is 0 Å². The van der Waals surface area contributed by atoms with E-state index in [4.69, 9.17) is 11.6 Å². The molecule has 2 rings (SSSR count). The number of tetrazole rings is 1.